The number of anilines is 1. The molecule has 3 aromatic rings. The Kier molecular flexibility index (Phi) is 6.73. The number of oxime groups is 1. The van der Waals surface area contributed by atoms with Gasteiger partial charge in [-0.05, 0) is 31.7 Å². The van der Waals surface area contributed by atoms with Crippen molar-refractivity contribution in [2.75, 3.05) is 11.5 Å². The zero-order chi connectivity index (χ0) is 27.1. The van der Waals surface area contributed by atoms with Gasteiger partial charge in [-0.2, -0.15) is 0 Å². The summed E-state index contributed by atoms with van der Waals surface area (Å²) in [7, 11) is 0. The van der Waals surface area contributed by atoms with Gasteiger partial charge in [-0.1, -0.05) is 11.2 Å². The van der Waals surface area contributed by atoms with Gasteiger partial charge in [0, 0.05) is 22.8 Å². The molecule has 0 spiro atoms. The quantitative estimate of drug-likeness (QED) is 0.167. The third-order valence-corrected chi connectivity index (χ3v) is 9.05. The molecule has 2 fully saturated rings. The van der Waals surface area contributed by atoms with E-state index in [4.69, 9.17) is 10.6 Å². The molecular weight excluding hydrogens is 542 g/mol. The number of thiazole rings is 1. The van der Waals surface area contributed by atoms with Crippen LogP contribution < -0.4 is 20.7 Å². The van der Waals surface area contributed by atoms with Gasteiger partial charge in [-0.3, -0.25) is 14.5 Å². The SMILES string of the molecule is Nc1nc(/C(=N/OC2CCCC2)C(=O)N[C@@H]2C(=O)N3C(C(=O)[O-])=C(C[n+]4ccn5ccccc54)CS[C@H]23)cs1. The molecule has 3 aliphatic rings. The summed E-state index contributed by atoms with van der Waals surface area (Å²) < 4.78 is 3.83. The molecule has 2 aliphatic heterocycles. The van der Waals surface area contributed by atoms with Crippen LogP contribution in [0.15, 0.2) is 58.6 Å². The first-order valence-corrected chi connectivity index (χ1v) is 14.4. The molecule has 1 aliphatic carbocycles. The van der Waals surface area contributed by atoms with Crippen LogP contribution in [0.5, 0.6) is 0 Å². The number of aromatic nitrogens is 3. The van der Waals surface area contributed by atoms with Crippen LogP contribution in [0.25, 0.3) is 5.65 Å². The molecule has 1 saturated heterocycles. The molecule has 12 nitrogen and oxygen atoms in total. The summed E-state index contributed by atoms with van der Waals surface area (Å²) in [5.41, 5.74) is 7.23. The summed E-state index contributed by atoms with van der Waals surface area (Å²) in [6.07, 6.45) is 9.32. The molecule has 0 bridgehead atoms. The number of carboxylic acid groups (broad SMARTS) is 1. The molecule has 3 aromatic heterocycles. The third kappa shape index (κ3) is 4.74. The van der Waals surface area contributed by atoms with E-state index in [1.165, 1.54) is 16.7 Å². The van der Waals surface area contributed by atoms with E-state index in [1.807, 2.05) is 45.8 Å². The summed E-state index contributed by atoms with van der Waals surface area (Å²) in [4.78, 5) is 49.6. The molecule has 0 unspecified atom stereocenters. The molecule has 2 atom stereocenters. The molecule has 5 heterocycles. The van der Waals surface area contributed by atoms with Crippen molar-refractivity contribution in [1.82, 2.24) is 19.6 Å². The first kappa shape index (κ1) is 25.4. The Bertz CT molecular complexity index is 1520. The Morgan fingerprint density at radius 3 is 2.85 bits per heavy atom. The van der Waals surface area contributed by atoms with Crippen molar-refractivity contribution in [1.29, 1.82) is 0 Å². The van der Waals surface area contributed by atoms with E-state index in [1.54, 1.807) is 5.38 Å². The van der Waals surface area contributed by atoms with Gasteiger partial charge < -0.3 is 25.8 Å². The number of fused-ring (bicyclic) bond motifs is 2. The number of pyridine rings is 1. The summed E-state index contributed by atoms with van der Waals surface area (Å²) in [6, 6.07) is 4.78. The summed E-state index contributed by atoms with van der Waals surface area (Å²) in [5.74, 6) is -2.24. The number of carbonyl (C=O) groups is 3. The molecule has 3 N–H and O–H groups in total. The van der Waals surface area contributed by atoms with Crippen molar-refractivity contribution in [3.8, 4) is 0 Å². The number of nitrogens with one attached hydrogen (secondary N) is 1. The standard InChI is InChI=1S/C25H25N7O5S2/c26-25-27-16(13-39-25)18(29-37-15-5-1-2-6-15)21(33)28-19-22(34)32-20(24(35)36)14(12-38-23(19)32)11-31-10-9-30-8-4-3-7-17(30)31/h3-4,7-10,13,15,19,23H,1-2,5-6,11-12H2,(H3-,26,27,28,33,35,36)/b29-18-/t19-,23-/m1/s1. The third-order valence-electron chi connectivity index (χ3n) is 7.03. The van der Waals surface area contributed by atoms with Gasteiger partial charge in [-0.15, -0.1) is 23.1 Å². The number of nitrogens with zero attached hydrogens (tertiary/aromatic N) is 5. The Labute approximate surface area is 231 Å². The number of β-lactam (4-membered cyclic amide) rings is 1. The van der Waals surface area contributed by atoms with Crippen molar-refractivity contribution in [3.05, 3.63) is 59.1 Å². The maximum atomic E-state index is 13.3. The maximum Gasteiger partial charge on any atom is 0.286 e. The number of aliphatic carboxylic acids is 1. The normalized spacial score (nSPS) is 21.7. The van der Waals surface area contributed by atoms with Crippen LogP contribution in [0.2, 0.25) is 0 Å². The van der Waals surface area contributed by atoms with E-state index in [9.17, 15) is 19.5 Å². The number of rotatable bonds is 8. The lowest BCUT2D eigenvalue weighted by Crippen LogP contribution is -2.71. The first-order chi connectivity index (χ1) is 18.9. The van der Waals surface area contributed by atoms with Crippen molar-refractivity contribution < 1.29 is 28.9 Å². The Hall–Kier alpha value is -3.91. The van der Waals surface area contributed by atoms with Crippen molar-refractivity contribution >= 4 is 57.4 Å². The molecule has 39 heavy (non-hydrogen) atoms. The first-order valence-electron chi connectivity index (χ1n) is 12.5. The lowest BCUT2D eigenvalue weighted by molar-refractivity contribution is -0.662. The van der Waals surface area contributed by atoms with E-state index >= 15 is 0 Å². The van der Waals surface area contributed by atoms with Crippen LogP contribution >= 0.6 is 23.1 Å². The largest absolute Gasteiger partial charge is 0.543 e. The van der Waals surface area contributed by atoms with Crippen molar-refractivity contribution in [2.24, 2.45) is 5.16 Å². The predicted octanol–water partition coefficient (Wildman–Crippen LogP) is 0.0329. The molecule has 0 aromatic carbocycles. The second-order valence-electron chi connectivity index (χ2n) is 9.52. The summed E-state index contributed by atoms with van der Waals surface area (Å²) in [5, 5.41) is 20.3. The van der Waals surface area contributed by atoms with Gasteiger partial charge in [-0.25, -0.2) is 14.0 Å². The molecule has 14 heteroatoms. The average Bonchev–Trinajstić information content (AvgIpc) is 3.69. The van der Waals surface area contributed by atoms with Crippen LogP contribution in [0.3, 0.4) is 0 Å². The zero-order valence-corrected chi connectivity index (χ0v) is 22.3. The van der Waals surface area contributed by atoms with Crippen LogP contribution in [-0.2, 0) is 25.8 Å². The number of carbonyl (C=O) groups excluding carboxylic acids is 3. The fraction of sp³-hybridized carbons (Fsp3) is 0.360. The highest BCUT2D eigenvalue weighted by Crippen LogP contribution is 2.40. The Balaban J connectivity index is 1.21. The number of nitrogens with two attached hydrogens (primary N) is 1. The highest BCUT2D eigenvalue weighted by molar-refractivity contribution is 8.00. The lowest BCUT2D eigenvalue weighted by Gasteiger charge is -2.50. The molecule has 0 radical (unpaired) electrons. The second-order valence-corrected chi connectivity index (χ2v) is 11.5. The fourth-order valence-corrected chi connectivity index (χ4v) is 6.99. The zero-order valence-electron chi connectivity index (χ0n) is 20.7. The topological polar surface area (TPSA) is 158 Å². The monoisotopic (exact) mass is 567 g/mol. The highest BCUT2D eigenvalue weighted by atomic mass is 32.2. The smallest absolute Gasteiger partial charge is 0.286 e. The van der Waals surface area contributed by atoms with Crippen LogP contribution in [0.1, 0.15) is 31.4 Å². The Morgan fingerprint density at radius 2 is 2.10 bits per heavy atom. The number of thioether (sulfide) groups is 1. The van der Waals surface area contributed by atoms with Crippen LogP contribution in [0.4, 0.5) is 5.13 Å². The molecule has 2 amide bonds. The number of imidazole rings is 1. The number of nitrogen functional groups attached to an aromatic ring is 1. The van der Waals surface area contributed by atoms with Gasteiger partial charge >= 0.3 is 0 Å². The van der Waals surface area contributed by atoms with Gasteiger partial charge in [0.1, 0.15) is 42.2 Å². The fourth-order valence-electron chi connectivity index (χ4n) is 5.11. The van der Waals surface area contributed by atoms with E-state index in [2.05, 4.69) is 15.5 Å². The second kappa shape index (κ2) is 10.3. The van der Waals surface area contributed by atoms with Gasteiger partial charge in [0.15, 0.2) is 10.8 Å². The van der Waals surface area contributed by atoms with Crippen molar-refractivity contribution in [3.63, 3.8) is 0 Å². The number of hydrogen-bond donors (Lipinski definition) is 2. The lowest BCUT2D eigenvalue weighted by atomic mass is 10.0. The number of amides is 2. The summed E-state index contributed by atoms with van der Waals surface area (Å²) in [6.45, 7) is 0.283. The van der Waals surface area contributed by atoms with Gasteiger partial charge in [0.25, 0.3) is 17.5 Å². The minimum Gasteiger partial charge on any atom is -0.543 e. The number of carboxylic acids is 1. The molecule has 6 rings (SSSR count). The van der Waals surface area contributed by atoms with Crippen LogP contribution in [-0.4, -0.2) is 61.1 Å². The van der Waals surface area contributed by atoms with Crippen molar-refractivity contribution in [2.45, 2.75) is 49.7 Å². The Morgan fingerprint density at radius 1 is 1.28 bits per heavy atom. The maximum absolute atomic E-state index is 13.3. The molecule has 202 valence electrons. The van der Waals surface area contributed by atoms with Gasteiger partial charge in [0.2, 0.25) is 0 Å². The van der Waals surface area contributed by atoms with Gasteiger partial charge in [0.05, 0.1) is 17.9 Å². The minimum atomic E-state index is -1.43. The van der Waals surface area contributed by atoms with E-state index in [0.29, 0.717) is 11.3 Å². The van der Waals surface area contributed by atoms with E-state index in [-0.39, 0.29) is 34.9 Å². The predicted molar refractivity (Wildman–Crippen MR) is 141 cm³/mol. The number of hydrogen-bond acceptors (Lipinski definition) is 10. The molecule has 1 saturated carbocycles. The van der Waals surface area contributed by atoms with Crippen LogP contribution in [0, 0.1) is 0 Å². The van der Waals surface area contributed by atoms with E-state index in [0.717, 1.165) is 42.7 Å². The minimum absolute atomic E-state index is 0.0738. The van der Waals surface area contributed by atoms with E-state index < -0.39 is 29.2 Å². The molecular formula is C25H25N7O5S2. The average molecular weight is 568 g/mol. The highest BCUT2D eigenvalue weighted by Gasteiger charge is 2.53. The summed E-state index contributed by atoms with van der Waals surface area (Å²) >= 11 is 2.55.